The number of hydrogen-bond donors (Lipinski definition) is 0. The number of carbonyl (C=O) groups excluding carboxylic acids is 1. The van der Waals surface area contributed by atoms with Gasteiger partial charge in [-0.25, -0.2) is 9.55 Å². The van der Waals surface area contributed by atoms with E-state index in [0.29, 0.717) is 13.0 Å². The molecule has 0 radical (unpaired) electrons. The van der Waals surface area contributed by atoms with Crippen LogP contribution in [0.3, 0.4) is 0 Å². The number of pyridine rings is 1. The summed E-state index contributed by atoms with van der Waals surface area (Å²) in [5, 5.41) is 3.89. The van der Waals surface area contributed by atoms with Crippen molar-refractivity contribution >= 4 is 38.5 Å². The Hall–Kier alpha value is -2.56. The third-order valence-electron chi connectivity index (χ3n) is 4.90. The Morgan fingerprint density at radius 1 is 1.16 bits per heavy atom. The number of fused-ring (bicyclic) bond motifs is 1. The van der Waals surface area contributed by atoms with Crippen LogP contribution in [0.1, 0.15) is 25.3 Å². The van der Waals surface area contributed by atoms with Crippen LogP contribution in [0.4, 0.5) is 0 Å². The lowest BCUT2D eigenvalue weighted by Crippen LogP contribution is -2.36. The van der Waals surface area contributed by atoms with Gasteiger partial charge in [0.05, 0.1) is 33.5 Å². The molecule has 4 rings (SSSR count). The van der Waals surface area contributed by atoms with Crippen LogP contribution in [0.5, 0.6) is 0 Å². The summed E-state index contributed by atoms with van der Waals surface area (Å²) in [7, 11) is 2.84. The van der Waals surface area contributed by atoms with E-state index >= 15 is 0 Å². The van der Waals surface area contributed by atoms with Gasteiger partial charge in [0.2, 0.25) is 0 Å². The van der Waals surface area contributed by atoms with Crippen molar-refractivity contribution in [2.24, 2.45) is 0 Å². The molecule has 2 atom stereocenters. The predicted octanol–water partition coefficient (Wildman–Crippen LogP) is 2.81. The number of rotatable bonds is 7. The molecule has 0 fully saturated rings. The number of carbonyl (C=O) groups is 1. The highest BCUT2D eigenvalue weighted by Gasteiger charge is 2.18. The molecule has 0 N–H and O–H groups in total. The topological polar surface area (TPSA) is 56.0 Å². The summed E-state index contributed by atoms with van der Waals surface area (Å²) in [6.07, 6.45) is 9.10. The quantitative estimate of drug-likeness (QED) is 0.315. The van der Waals surface area contributed by atoms with Gasteiger partial charge in [0.25, 0.3) is 0 Å². The zero-order chi connectivity index (χ0) is 21.7. The summed E-state index contributed by atoms with van der Waals surface area (Å²) in [6.45, 7) is 3.22. The zero-order valence-electron chi connectivity index (χ0n) is 17.4. The van der Waals surface area contributed by atoms with Crippen LogP contribution in [-0.4, -0.2) is 20.4 Å². The van der Waals surface area contributed by atoms with Gasteiger partial charge in [-0.2, -0.15) is 0 Å². The Labute approximate surface area is 188 Å². The number of ether oxygens (including phenoxy) is 1. The van der Waals surface area contributed by atoms with Crippen LogP contribution >= 0.6 is 21.0 Å². The molecule has 0 saturated carbocycles. The number of hydrogen-bond acceptors (Lipinski definition) is 5. The maximum absolute atomic E-state index is 12.0. The molecule has 0 saturated heterocycles. The molecule has 158 valence electrons. The Kier molecular flexibility index (Phi) is 6.79. The second-order valence-electron chi connectivity index (χ2n) is 7.66. The number of aromatic nitrogens is 3. The third kappa shape index (κ3) is 5.99. The van der Waals surface area contributed by atoms with E-state index in [1.807, 2.05) is 61.1 Å². The Morgan fingerprint density at radius 2 is 1.94 bits per heavy atom. The van der Waals surface area contributed by atoms with E-state index in [2.05, 4.69) is 37.2 Å². The standard InChI is InChI=1S/C24H25N3O2PS/c1-24(30)14-20-22(17-31-24)25-15-21(26-20)19-9-12-27(13-10-19)11-5-8-23(28)29-16-18-6-3-2-4-7-18/h2-4,6-7,9-10,12-15,17H,5,8,11,16,30H2,1H3/q+1. The van der Waals surface area contributed by atoms with E-state index in [9.17, 15) is 4.79 Å². The first-order valence-electron chi connectivity index (χ1n) is 10.2. The van der Waals surface area contributed by atoms with Gasteiger partial charge >= 0.3 is 5.97 Å². The van der Waals surface area contributed by atoms with Gasteiger partial charge in [0.15, 0.2) is 12.4 Å². The van der Waals surface area contributed by atoms with Crippen LogP contribution in [0, 0.1) is 0 Å². The Balaban J connectivity index is 1.31. The van der Waals surface area contributed by atoms with Crippen LogP contribution in [0.25, 0.3) is 22.7 Å². The molecular formula is C24H25N3O2PS+. The molecule has 2 unspecified atom stereocenters. The maximum Gasteiger partial charge on any atom is 0.306 e. The fourth-order valence-electron chi connectivity index (χ4n) is 3.23. The second kappa shape index (κ2) is 9.71. The highest BCUT2D eigenvalue weighted by molar-refractivity contribution is 8.11. The van der Waals surface area contributed by atoms with E-state index < -0.39 is 0 Å². The molecular weight excluding hydrogens is 425 g/mol. The molecule has 1 aromatic carbocycles. The van der Waals surface area contributed by atoms with E-state index in [4.69, 9.17) is 9.72 Å². The van der Waals surface area contributed by atoms with Crippen molar-refractivity contribution in [3.8, 4) is 11.3 Å². The van der Waals surface area contributed by atoms with Gasteiger partial charge in [-0.3, -0.25) is 9.78 Å². The van der Waals surface area contributed by atoms with Gasteiger partial charge in [-0.1, -0.05) is 30.3 Å². The van der Waals surface area contributed by atoms with Crippen molar-refractivity contribution in [3.63, 3.8) is 0 Å². The number of nitrogens with zero attached hydrogens (tertiary/aromatic N) is 3. The smallest absolute Gasteiger partial charge is 0.306 e. The van der Waals surface area contributed by atoms with Crippen molar-refractivity contribution in [2.75, 3.05) is 0 Å². The highest BCUT2D eigenvalue weighted by Crippen LogP contribution is 2.35. The maximum atomic E-state index is 12.0. The van der Waals surface area contributed by atoms with Gasteiger partial charge in [-0.15, -0.1) is 21.0 Å². The Bertz CT molecular complexity index is 1180. The number of aryl methyl sites for hydroxylation is 1. The van der Waals surface area contributed by atoms with Crippen LogP contribution in [0.15, 0.2) is 61.1 Å². The zero-order valence-corrected chi connectivity index (χ0v) is 19.4. The lowest BCUT2D eigenvalue weighted by atomic mass is 10.2. The molecule has 31 heavy (non-hydrogen) atoms. The summed E-state index contributed by atoms with van der Waals surface area (Å²) in [5.74, 6) is -0.169. The molecule has 5 nitrogen and oxygen atoms in total. The van der Waals surface area contributed by atoms with Crippen molar-refractivity contribution in [1.29, 1.82) is 0 Å². The van der Waals surface area contributed by atoms with Gasteiger partial charge < -0.3 is 4.74 Å². The summed E-state index contributed by atoms with van der Waals surface area (Å²) in [6, 6.07) is 13.8. The molecule has 7 heteroatoms. The molecule has 3 aromatic rings. The summed E-state index contributed by atoms with van der Waals surface area (Å²) in [4.78, 5) is 21.3. The fourth-order valence-corrected chi connectivity index (χ4v) is 4.32. The average molecular weight is 451 g/mol. The summed E-state index contributed by atoms with van der Waals surface area (Å²) in [5.41, 5.74) is 2.88. The molecule has 0 spiro atoms. The molecule has 1 aliphatic rings. The third-order valence-corrected chi connectivity index (χ3v) is 6.45. The monoisotopic (exact) mass is 450 g/mol. The fraction of sp³-hybridized carbons (Fsp3) is 0.250. The molecule has 2 aromatic heterocycles. The van der Waals surface area contributed by atoms with Crippen LogP contribution in [0.2, 0.25) is 0 Å². The molecule has 1 aliphatic heterocycles. The van der Waals surface area contributed by atoms with Crippen molar-refractivity contribution in [3.05, 3.63) is 77.3 Å². The van der Waals surface area contributed by atoms with E-state index in [-0.39, 0.29) is 10.5 Å². The highest BCUT2D eigenvalue weighted by atomic mass is 32.2. The lowest BCUT2D eigenvalue weighted by Gasteiger charge is -2.19. The van der Waals surface area contributed by atoms with Gasteiger partial charge in [-0.05, 0) is 18.6 Å². The van der Waals surface area contributed by atoms with Crippen LogP contribution in [-0.2, 0) is 22.7 Å². The van der Waals surface area contributed by atoms with Gasteiger partial charge in [0.1, 0.15) is 13.2 Å². The summed E-state index contributed by atoms with van der Waals surface area (Å²) >= 11 is 1.72. The molecule has 0 amide bonds. The number of benzene rings is 1. The molecule has 0 bridgehead atoms. The first-order chi connectivity index (χ1) is 15.0. The lowest BCUT2D eigenvalue weighted by molar-refractivity contribution is -0.697. The van der Waals surface area contributed by atoms with Crippen molar-refractivity contribution < 1.29 is 14.1 Å². The van der Waals surface area contributed by atoms with Gasteiger partial charge in [0, 0.05) is 29.5 Å². The van der Waals surface area contributed by atoms with E-state index in [1.165, 1.54) is 0 Å². The normalized spacial score (nSPS) is 17.2. The summed E-state index contributed by atoms with van der Waals surface area (Å²) < 4.78 is 7.34. The van der Waals surface area contributed by atoms with Crippen molar-refractivity contribution in [1.82, 2.24) is 9.97 Å². The molecule has 3 heterocycles. The first kappa shape index (κ1) is 21.7. The Morgan fingerprint density at radius 3 is 2.71 bits per heavy atom. The minimum Gasteiger partial charge on any atom is -0.461 e. The average Bonchev–Trinajstić information content (AvgIpc) is 2.78. The largest absolute Gasteiger partial charge is 0.461 e. The minimum atomic E-state index is -0.169. The van der Waals surface area contributed by atoms with Crippen LogP contribution < -0.4 is 15.3 Å². The molecule has 0 aliphatic carbocycles. The van der Waals surface area contributed by atoms with E-state index in [0.717, 1.165) is 40.5 Å². The minimum absolute atomic E-state index is 0.0533. The first-order valence-corrected chi connectivity index (χ1v) is 11.7. The van der Waals surface area contributed by atoms with Crippen molar-refractivity contribution in [2.45, 2.75) is 37.4 Å². The number of esters is 1. The predicted molar refractivity (Wildman–Crippen MR) is 127 cm³/mol. The number of thioether (sulfide) groups is 1. The van der Waals surface area contributed by atoms with E-state index in [1.54, 1.807) is 11.8 Å². The SMILES string of the molecule is CC1(P)C=c2nc(-c3cc[n+](CCCC(=O)OCc4ccccc4)cc3)cnc2=CS1. The second-order valence-corrected chi connectivity index (χ2v) is 10.6.